The molecule has 0 aliphatic carbocycles. The van der Waals surface area contributed by atoms with Gasteiger partial charge in [0.2, 0.25) is 11.6 Å². The maximum absolute atomic E-state index is 12.8. The van der Waals surface area contributed by atoms with Crippen LogP contribution in [0.1, 0.15) is 26.3 Å². The van der Waals surface area contributed by atoms with Crippen molar-refractivity contribution in [1.82, 2.24) is 0 Å². The maximum Gasteiger partial charge on any atom is 0.202 e. The molecular weight excluding hydrogens is 371 g/mol. The van der Waals surface area contributed by atoms with Crippen molar-refractivity contribution < 1.29 is 9.59 Å². The lowest BCUT2D eigenvalue weighted by molar-refractivity contribution is 0.101. The number of thioether (sulfide) groups is 2. The van der Waals surface area contributed by atoms with Crippen LogP contribution < -0.4 is 0 Å². The fraction of sp³-hybridized carbons (Fsp3) is 0.0588. The molecule has 2 aliphatic heterocycles. The summed E-state index contributed by atoms with van der Waals surface area (Å²) in [4.78, 5) is 28.0. The van der Waals surface area contributed by atoms with Gasteiger partial charge in [0.15, 0.2) is 0 Å². The number of hydrogen-bond acceptors (Lipinski definition) is 4. The van der Waals surface area contributed by atoms with E-state index < -0.39 is 0 Å². The standard InChI is InChI=1S/C17H8Cl2O2S2/c1-7-4-9(19)6-12-13(7)15(21)17(23-12)16-14(20)10-3-2-8(18)5-11(10)22-16/h2-6H,1H3/b17-16+. The van der Waals surface area contributed by atoms with E-state index in [9.17, 15) is 9.59 Å². The molecule has 114 valence electrons. The summed E-state index contributed by atoms with van der Waals surface area (Å²) in [5.74, 6) is -0.219. The van der Waals surface area contributed by atoms with Crippen molar-refractivity contribution in [3.8, 4) is 0 Å². The van der Waals surface area contributed by atoms with E-state index in [1.54, 1.807) is 30.3 Å². The zero-order chi connectivity index (χ0) is 16.3. The topological polar surface area (TPSA) is 34.1 Å². The first-order chi connectivity index (χ1) is 11.0. The number of allylic oxidation sites excluding steroid dienone is 2. The molecule has 4 rings (SSSR count). The zero-order valence-corrected chi connectivity index (χ0v) is 14.9. The highest BCUT2D eigenvalue weighted by atomic mass is 35.5. The third kappa shape index (κ3) is 2.36. The van der Waals surface area contributed by atoms with Gasteiger partial charge in [0.1, 0.15) is 0 Å². The van der Waals surface area contributed by atoms with Crippen LogP contribution in [0.2, 0.25) is 10.0 Å². The van der Waals surface area contributed by atoms with Crippen LogP contribution >= 0.6 is 46.7 Å². The number of ketones is 2. The molecule has 0 atom stereocenters. The maximum atomic E-state index is 12.8. The fourth-order valence-electron chi connectivity index (χ4n) is 2.70. The lowest BCUT2D eigenvalue weighted by atomic mass is 10.0. The van der Waals surface area contributed by atoms with E-state index >= 15 is 0 Å². The van der Waals surface area contributed by atoms with Crippen molar-refractivity contribution in [1.29, 1.82) is 0 Å². The van der Waals surface area contributed by atoms with Gasteiger partial charge in [-0.05, 0) is 42.8 Å². The van der Waals surface area contributed by atoms with E-state index in [0.29, 0.717) is 31.0 Å². The summed E-state index contributed by atoms with van der Waals surface area (Å²) >= 11 is 14.7. The number of rotatable bonds is 0. The van der Waals surface area contributed by atoms with Gasteiger partial charge in [-0.1, -0.05) is 46.7 Å². The summed E-state index contributed by atoms with van der Waals surface area (Å²) in [6.45, 7) is 1.86. The second-order valence-electron chi connectivity index (χ2n) is 5.26. The molecule has 0 amide bonds. The van der Waals surface area contributed by atoms with E-state index in [4.69, 9.17) is 23.2 Å². The number of fused-ring (bicyclic) bond motifs is 2. The van der Waals surface area contributed by atoms with E-state index in [1.807, 2.05) is 6.92 Å². The SMILES string of the molecule is Cc1cc(Cl)cc2c1C(=O)/C(=C1\Sc3cc(Cl)ccc3C1=O)S2. The second-order valence-corrected chi connectivity index (χ2v) is 8.23. The Labute approximate surface area is 151 Å². The Morgan fingerprint density at radius 2 is 1.48 bits per heavy atom. The Kier molecular flexibility index (Phi) is 3.61. The third-order valence-corrected chi connectivity index (χ3v) is 6.59. The number of carbonyl (C=O) groups excluding carboxylic acids is 2. The van der Waals surface area contributed by atoms with Crippen LogP contribution in [-0.4, -0.2) is 11.6 Å². The monoisotopic (exact) mass is 378 g/mol. The Balaban J connectivity index is 1.84. The molecule has 0 spiro atoms. The van der Waals surface area contributed by atoms with Gasteiger partial charge in [-0.2, -0.15) is 0 Å². The molecule has 2 aromatic rings. The van der Waals surface area contributed by atoms with Crippen molar-refractivity contribution in [3.05, 3.63) is 66.9 Å². The molecule has 0 bridgehead atoms. The molecule has 2 aromatic carbocycles. The van der Waals surface area contributed by atoms with Crippen molar-refractivity contribution in [3.63, 3.8) is 0 Å². The largest absolute Gasteiger partial charge is 0.288 e. The molecule has 2 heterocycles. The summed E-state index contributed by atoms with van der Waals surface area (Å²) in [5.41, 5.74) is 2.07. The van der Waals surface area contributed by atoms with Crippen LogP contribution in [-0.2, 0) is 0 Å². The van der Waals surface area contributed by atoms with Gasteiger partial charge in [-0.3, -0.25) is 9.59 Å². The Bertz CT molecular complexity index is 948. The number of carbonyl (C=O) groups is 2. The van der Waals surface area contributed by atoms with Gasteiger partial charge >= 0.3 is 0 Å². The van der Waals surface area contributed by atoms with E-state index in [0.717, 1.165) is 15.4 Å². The molecule has 0 fully saturated rings. The molecule has 0 saturated heterocycles. The molecule has 0 N–H and O–H groups in total. The predicted octanol–water partition coefficient (Wildman–Crippen LogP) is 5.79. The highest BCUT2D eigenvalue weighted by molar-refractivity contribution is 8.08. The Morgan fingerprint density at radius 3 is 2.26 bits per heavy atom. The van der Waals surface area contributed by atoms with Crippen LogP contribution in [0.25, 0.3) is 0 Å². The van der Waals surface area contributed by atoms with E-state index in [2.05, 4.69) is 0 Å². The minimum Gasteiger partial charge on any atom is -0.288 e. The van der Waals surface area contributed by atoms with Crippen LogP contribution in [0.3, 0.4) is 0 Å². The first kappa shape index (κ1) is 15.3. The van der Waals surface area contributed by atoms with Gasteiger partial charge in [-0.15, -0.1) is 0 Å². The molecule has 0 aromatic heterocycles. The number of Topliss-reactive ketones (excluding diaryl/α,β-unsaturated/α-hetero) is 2. The number of aryl methyl sites for hydroxylation is 1. The molecule has 23 heavy (non-hydrogen) atoms. The molecule has 2 nitrogen and oxygen atoms in total. The average Bonchev–Trinajstić information content (AvgIpc) is 2.96. The zero-order valence-electron chi connectivity index (χ0n) is 11.8. The van der Waals surface area contributed by atoms with Crippen LogP contribution in [0.15, 0.2) is 49.9 Å². The predicted molar refractivity (Wildman–Crippen MR) is 95.0 cm³/mol. The van der Waals surface area contributed by atoms with Crippen molar-refractivity contribution in [2.45, 2.75) is 16.7 Å². The fourth-order valence-corrected chi connectivity index (χ4v) is 5.73. The number of benzene rings is 2. The smallest absolute Gasteiger partial charge is 0.202 e. The average molecular weight is 379 g/mol. The van der Waals surface area contributed by atoms with E-state index in [-0.39, 0.29) is 11.6 Å². The Hall–Kier alpha value is -1.20. The highest BCUT2D eigenvalue weighted by Gasteiger charge is 2.37. The first-order valence-corrected chi connectivity index (χ1v) is 9.13. The minimum atomic E-state index is -0.117. The lowest BCUT2D eigenvalue weighted by Gasteiger charge is -2.01. The quantitative estimate of drug-likeness (QED) is 0.543. The lowest BCUT2D eigenvalue weighted by Crippen LogP contribution is -2.03. The van der Waals surface area contributed by atoms with Gasteiger partial charge in [0, 0.05) is 31.0 Å². The van der Waals surface area contributed by atoms with Gasteiger partial charge in [-0.25, -0.2) is 0 Å². The molecule has 0 saturated carbocycles. The van der Waals surface area contributed by atoms with Gasteiger partial charge in [0.05, 0.1) is 9.81 Å². The molecule has 0 radical (unpaired) electrons. The van der Waals surface area contributed by atoms with Crippen LogP contribution in [0.4, 0.5) is 0 Å². The summed E-state index contributed by atoms with van der Waals surface area (Å²) in [6.07, 6.45) is 0. The second kappa shape index (κ2) is 5.42. The number of hydrogen-bond donors (Lipinski definition) is 0. The summed E-state index contributed by atoms with van der Waals surface area (Å²) in [6, 6.07) is 8.69. The van der Waals surface area contributed by atoms with Crippen LogP contribution in [0, 0.1) is 6.92 Å². The first-order valence-electron chi connectivity index (χ1n) is 6.75. The van der Waals surface area contributed by atoms with Gasteiger partial charge in [0.25, 0.3) is 0 Å². The van der Waals surface area contributed by atoms with Crippen molar-refractivity contribution in [2.24, 2.45) is 0 Å². The molecule has 2 aliphatic rings. The molecule has 0 unspecified atom stereocenters. The minimum absolute atomic E-state index is 0.103. The summed E-state index contributed by atoms with van der Waals surface area (Å²) in [7, 11) is 0. The molecular formula is C17H8Cl2O2S2. The molecule has 6 heteroatoms. The van der Waals surface area contributed by atoms with Crippen molar-refractivity contribution in [2.75, 3.05) is 0 Å². The Morgan fingerprint density at radius 1 is 0.826 bits per heavy atom. The third-order valence-electron chi connectivity index (χ3n) is 3.72. The summed E-state index contributed by atoms with van der Waals surface area (Å²) < 4.78 is 0. The highest BCUT2D eigenvalue weighted by Crippen LogP contribution is 2.51. The van der Waals surface area contributed by atoms with Gasteiger partial charge < -0.3 is 0 Å². The normalized spacial score (nSPS) is 19.3. The summed E-state index contributed by atoms with van der Waals surface area (Å²) in [5, 5.41) is 1.17. The van der Waals surface area contributed by atoms with Crippen LogP contribution in [0.5, 0.6) is 0 Å². The number of halogens is 2. The van der Waals surface area contributed by atoms with Crippen molar-refractivity contribution >= 4 is 58.3 Å². The van der Waals surface area contributed by atoms with E-state index in [1.165, 1.54) is 23.5 Å².